The van der Waals surface area contributed by atoms with Crippen LogP contribution < -0.4 is 10.0 Å². The minimum Gasteiger partial charge on any atom is -0.340 e. The molecule has 3 aromatic rings. The highest BCUT2D eigenvalue weighted by Crippen LogP contribution is 2.26. The molecule has 0 saturated carbocycles. The molecule has 9 nitrogen and oxygen atoms in total. The van der Waals surface area contributed by atoms with E-state index in [-0.39, 0.29) is 27.3 Å². The SMILES string of the molecule is CNS(=O)(=O)c1ccc(Cl)c(C(=O)NC(c2nc(-c3ccncc3)no2)C(C)C)c1. The van der Waals surface area contributed by atoms with Gasteiger partial charge in [0.25, 0.3) is 5.91 Å². The number of carbonyl (C=O) groups excluding carboxylic acids is 1. The zero-order chi connectivity index (χ0) is 21.9. The minimum atomic E-state index is -3.73. The Bertz CT molecular complexity index is 1150. The first-order valence-corrected chi connectivity index (χ1v) is 10.9. The Hall–Kier alpha value is -2.82. The molecule has 0 fully saturated rings. The van der Waals surface area contributed by atoms with E-state index in [1.165, 1.54) is 25.2 Å². The molecular weight excluding hydrogens is 430 g/mol. The smallest absolute Gasteiger partial charge is 0.253 e. The van der Waals surface area contributed by atoms with Gasteiger partial charge >= 0.3 is 0 Å². The summed E-state index contributed by atoms with van der Waals surface area (Å²) in [5.41, 5.74) is 0.745. The summed E-state index contributed by atoms with van der Waals surface area (Å²) in [6.07, 6.45) is 3.22. The van der Waals surface area contributed by atoms with Gasteiger partial charge in [0, 0.05) is 18.0 Å². The third-order valence-electron chi connectivity index (χ3n) is 4.36. The first-order chi connectivity index (χ1) is 14.2. The zero-order valence-electron chi connectivity index (χ0n) is 16.5. The lowest BCUT2D eigenvalue weighted by Gasteiger charge is -2.19. The van der Waals surface area contributed by atoms with E-state index >= 15 is 0 Å². The lowest BCUT2D eigenvalue weighted by molar-refractivity contribution is 0.0914. The average Bonchev–Trinajstić information content (AvgIpc) is 3.22. The molecule has 1 amide bonds. The highest BCUT2D eigenvalue weighted by atomic mass is 35.5. The van der Waals surface area contributed by atoms with Gasteiger partial charge in [0.15, 0.2) is 0 Å². The molecule has 0 saturated heterocycles. The van der Waals surface area contributed by atoms with Crippen LogP contribution in [0.5, 0.6) is 0 Å². The van der Waals surface area contributed by atoms with E-state index in [0.29, 0.717) is 5.82 Å². The second-order valence-electron chi connectivity index (χ2n) is 6.74. The van der Waals surface area contributed by atoms with Crippen molar-refractivity contribution in [3.8, 4) is 11.4 Å². The van der Waals surface area contributed by atoms with Gasteiger partial charge in [-0.3, -0.25) is 9.78 Å². The van der Waals surface area contributed by atoms with Crippen molar-refractivity contribution in [3.63, 3.8) is 0 Å². The number of pyridine rings is 1. The molecule has 1 atom stereocenters. The van der Waals surface area contributed by atoms with Crippen LogP contribution in [-0.2, 0) is 10.0 Å². The van der Waals surface area contributed by atoms with E-state index in [1.807, 2.05) is 13.8 Å². The van der Waals surface area contributed by atoms with E-state index in [1.54, 1.807) is 24.5 Å². The predicted molar refractivity (Wildman–Crippen MR) is 110 cm³/mol. The monoisotopic (exact) mass is 449 g/mol. The van der Waals surface area contributed by atoms with Crippen LogP contribution in [0.2, 0.25) is 5.02 Å². The van der Waals surface area contributed by atoms with Crippen LogP contribution in [0.25, 0.3) is 11.4 Å². The number of sulfonamides is 1. The fourth-order valence-corrected chi connectivity index (χ4v) is 3.63. The number of benzene rings is 1. The summed E-state index contributed by atoms with van der Waals surface area (Å²) in [4.78, 5) is 21.2. The number of aromatic nitrogens is 3. The number of hydrogen-bond acceptors (Lipinski definition) is 7. The van der Waals surface area contributed by atoms with Gasteiger partial charge < -0.3 is 9.84 Å². The number of nitrogens with one attached hydrogen (secondary N) is 2. The molecule has 0 bridgehead atoms. The van der Waals surface area contributed by atoms with Gasteiger partial charge in [-0.1, -0.05) is 30.6 Å². The van der Waals surface area contributed by atoms with Crippen LogP contribution in [-0.4, -0.2) is 36.5 Å². The Morgan fingerprint density at radius 2 is 1.87 bits per heavy atom. The van der Waals surface area contributed by atoms with Gasteiger partial charge in [-0.05, 0) is 43.3 Å². The number of hydrogen-bond donors (Lipinski definition) is 2. The maximum absolute atomic E-state index is 12.9. The summed E-state index contributed by atoms with van der Waals surface area (Å²) in [5.74, 6) is -0.0640. The largest absolute Gasteiger partial charge is 0.340 e. The average molecular weight is 450 g/mol. The third kappa shape index (κ3) is 4.66. The van der Waals surface area contributed by atoms with Crippen LogP contribution in [0.3, 0.4) is 0 Å². The summed E-state index contributed by atoms with van der Waals surface area (Å²) >= 11 is 6.14. The maximum Gasteiger partial charge on any atom is 0.253 e. The van der Waals surface area contributed by atoms with Crippen molar-refractivity contribution in [1.82, 2.24) is 25.2 Å². The van der Waals surface area contributed by atoms with Crippen molar-refractivity contribution < 1.29 is 17.7 Å². The van der Waals surface area contributed by atoms with Crippen molar-refractivity contribution in [1.29, 1.82) is 0 Å². The Kier molecular flexibility index (Phi) is 6.49. The fourth-order valence-electron chi connectivity index (χ4n) is 2.68. The van der Waals surface area contributed by atoms with Crippen LogP contribution in [0.4, 0.5) is 0 Å². The van der Waals surface area contributed by atoms with Crippen molar-refractivity contribution in [3.05, 3.63) is 59.2 Å². The zero-order valence-corrected chi connectivity index (χ0v) is 18.0. The van der Waals surface area contributed by atoms with Gasteiger partial charge in [-0.15, -0.1) is 0 Å². The van der Waals surface area contributed by atoms with E-state index in [2.05, 4.69) is 25.2 Å². The summed E-state index contributed by atoms with van der Waals surface area (Å²) in [5, 5.41) is 6.89. The fraction of sp³-hybridized carbons (Fsp3) is 0.263. The van der Waals surface area contributed by atoms with Crippen molar-refractivity contribution in [2.45, 2.75) is 24.8 Å². The van der Waals surface area contributed by atoms with E-state index in [9.17, 15) is 13.2 Å². The minimum absolute atomic E-state index is 0.0208. The molecule has 0 radical (unpaired) electrons. The van der Waals surface area contributed by atoms with Crippen LogP contribution >= 0.6 is 11.6 Å². The number of nitrogens with zero attached hydrogens (tertiary/aromatic N) is 3. The molecule has 0 aliphatic heterocycles. The van der Waals surface area contributed by atoms with Crippen LogP contribution in [0, 0.1) is 5.92 Å². The van der Waals surface area contributed by atoms with Gasteiger partial charge in [0.05, 0.1) is 15.5 Å². The molecule has 11 heteroatoms. The predicted octanol–water partition coefficient (Wildman–Crippen LogP) is 2.82. The first kappa shape index (κ1) is 21.9. The summed E-state index contributed by atoms with van der Waals surface area (Å²) in [6.45, 7) is 3.76. The first-order valence-electron chi connectivity index (χ1n) is 9.01. The molecule has 158 valence electrons. The summed E-state index contributed by atoms with van der Waals surface area (Å²) in [7, 11) is -2.44. The number of amides is 1. The van der Waals surface area contributed by atoms with E-state index in [4.69, 9.17) is 16.1 Å². The molecule has 1 aromatic carbocycles. The van der Waals surface area contributed by atoms with Gasteiger partial charge in [-0.25, -0.2) is 13.1 Å². The molecule has 30 heavy (non-hydrogen) atoms. The number of rotatable bonds is 7. The molecule has 2 aromatic heterocycles. The molecule has 0 aliphatic carbocycles. The second-order valence-corrected chi connectivity index (χ2v) is 9.03. The van der Waals surface area contributed by atoms with Gasteiger partial charge in [-0.2, -0.15) is 4.98 Å². The maximum atomic E-state index is 12.9. The molecule has 0 aliphatic rings. The molecular formula is C19H20ClN5O4S. The highest BCUT2D eigenvalue weighted by Gasteiger charge is 2.27. The highest BCUT2D eigenvalue weighted by molar-refractivity contribution is 7.89. The number of halogens is 1. The van der Waals surface area contributed by atoms with Gasteiger partial charge in [0.1, 0.15) is 6.04 Å². The molecule has 2 N–H and O–H groups in total. The quantitative estimate of drug-likeness (QED) is 0.567. The second kappa shape index (κ2) is 8.90. The Morgan fingerprint density at radius 1 is 1.17 bits per heavy atom. The third-order valence-corrected chi connectivity index (χ3v) is 6.10. The Morgan fingerprint density at radius 3 is 2.50 bits per heavy atom. The Balaban J connectivity index is 1.89. The lowest BCUT2D eigenvalue weighted by Crippen LogP contribution is -2.32. The molecule has 1 unspecified atom stereocenters. The van der Waals surface area contributed by atoms with Crippen molar-refractivity contribution >= 4 is 27.5 Å². The molecule has 0 spiro atoms. The Labute approximate surface area is 178 Å². The van der Waals surface area contributed by atoms with Crippen molar-refractivity contribution in [2.24, 2.45) is 5.92 Å². The van der Waals surface area contributed by atoms with E-state index < -0.39 is 22.0 Å². The van der Waals surface area contributed by atoms with Crippen LogP contribution in [0.1, 0.15) is 36.1 Å². The molecule has 2 heterocycles. The van der Waals surface area contributed by atoms with Gasteiger partial charge in [0.2, 0.25) is 21.7 Å². The van der Waals surface area contributed by atoms with Crippen molar-refractivity contribution in [2.75, 3.05) is 7.05 Å². The molecule has 3 rings (SSSR count). The topological polar surface area (TPSA) is 127 Å². The summed E-state index contributed by atoms with van der Waals surface area (Å²) in [6, 6.07) is 6.78. The summed E-state index contributed by atoms with van der Waals surface area (Å²) < 4.78 is 31.7. The van der Waals surface area contributed by atoms with Crippen LogP contribution in [0.15, 0.2) is 52.1 Å². The van der Waals surface area contributed by atoms with E-state index in [0.717, 1.165) is 5.56 Å². The lowest BCUT2D eigenvalue weighted by atomic mass is 10.0. The normalized spacial score (nSPS) is 12.7. The number of carbonyl (C=O) groups is 1. The standard InChI is InChI=1S/C19H20ClN5O4S/c1-11(2)16(19-24-17(25-29-19)12-6-8-22-9-7-12)23-18(26)14-10-13(4-5-15(14)20)30(27,28)21-3/h4-11,16,21H,1-3H3,(H,23,26).